The number of pyridine rings is 1. The summed E-state index contributed by atoms with van der Waals surface area (Å²) in [5.74, 6) is 2.57. The van der Waals surface area contributed by atoms with Gasteiger partial charge >= 0.3 is 0 Å². The zero-order valence-electron chi connectivity index (χ0n) is 21.9. The first-order chi connectivity index (χ1) is 19.2. The van der Waals surface area contributed by atoms with E-state index in [9.17, 15) is 0 Å². The predicted molar refractivity (Wildman–Crippen MR) is 157 cm³/mol. The Morgan fingerprint density at radius 3 is 2.97 bits per heavy atom. The molecule has 0 radical (unpaired) electrons. The molecule has 0 bridgehead atoms. The molecule has 2 aliphatic heterocycles. The van der Waals surface area contributed by atoms with Gasteiger partial charge in [0, 0.05) is 42.9 Å². The third kappa shape index (κ3) is 5.31. The second kappa shape index (κ2) is 11.6. The normalized spacial score (nSPS) is 16.0. The monoisotopic (exact) mass is 539 g/mol. The van der Waals surface area contributed by atoms with Crippen LogP contribution in [0.4, 0.5) is 5.69 Å². The molecule has 198 valence electrons. The molecule has 0 saturated carbocycles. The molecule has 3 aromatic carbocycles. The number of hydrogen-bond acceptors (Lipinski definition) is 6. The minimum absolute atomic E-state index is 0.706. The SMILES string of the molecule is CC(/C=C/c1cc[n+](CCCSOOO)c2ccc3ccccc3c12)=C\C=C1/Oc2cccc3c2N1CCC3. The molecule has 39 heavy (non-hydrogen) atoms. The van der Waals surface area contributed by atoms with Crippen LogP contribution in [0.25, 0.3) is 27.8 Å². The van der Waals surface area contributed by atoms with Crippen LogP contribution in [0, 0.1) is 0 Å². The number of rotatable bonds is 9. The van der Waals surface area contributed by atoms with Gasteiger partial charge in [0.25, 0.3) is 0 Å². The molecule has 0 aliphatic carbocycles. The lowest BCUT2D eigenvalue weighted by molar-refractivity contribution is -0.671. The van der Waals surface area contributed by atoms with Crippen LogP contribution in [0.5, 0.6) is 5.75 Å². The van der Waals surface area contributed by atoms with Crippen molar-refractivity contribution in [2.75, 3.05) is 17.2 Å². The first kappa shape index (κ1) is 25.6. The van der Waals surface area contributed by atoms with Crippen molar-refractivity contribution in [2.45, 2.75) is 32.7 Å². The number of nitrogens with zero attached hydrogens (tertiary/aromatic N) is 2. The van der Waals surface area contributed by atoms with Gasteiger partial charge in [-0.2, -0.15) is 4.57 Å². The first-order valence-corrected chi connectivity index (χ1v) is 14.2. The Morgan fingerprint density at radius 1 is 1.13 bits per heavy atom. The van der Waals surface area contributed by atoms with Gasteiger partial charge in [0.2, 0.25) is 11.4 Å². The lowest BCUT2D eigenvalue weighted by atomic mass is 10.00. The second-order valence-corrected chi connectivity index (χ2v) is 10.6. The van der Waals surface area contributed by atoms with Crippen molar-refractivity contribution in [3.63, 3.8) is 0 Å². The summed E-state index contributed by atoms with van der Waals surface area (Å²) in [6.45, 7) is 3.94. The topological polar surface area (TPSA) is 55.0 Å². The van der Waals surface area contributed by atoms with Gasteiger partial charge in [-0.05, 0) is 59.9 Å². The van der Waals surface area contributed by atoms with E-state index in [0.717, 1.165) is 61.6 Å². The average molecular weight is 540 g/mol. The minimum atomic E-state index is 0.706. The van der Waals surface area contributed by atoms with Crippen LogP contribution in [0.3, 0.4) is 0 Å². The fourth-order valence-electron chi connectivity index (χ4n) is 5.51. The molecule has 1 aromatic heterocycles. The van der Waals surface area contributed by atoms with Gasteiger partial charge in [0.1, 0.15) is 6.54 Å². The van der Waals surface area contributed by atoms with Crippen molar-refractivity contribution >= 4 is 45.5 Å². The molecule has 6 nitrogen and oxygen atoms in total. The molecule has 3 heterocycles. The Balaban J connectivity index is 1.28. The molecule has 0 unspecified atom stereocenters. The molecule has 1 N–H and O–H groups in total. The van der Waals surface area contributed by atoms with E-state index in [4.69, 9.17) is 9.99 Å². The van der Waals surface area contributed by atoms with E-state index in [1.165, 1.54) is 38.5 Å². The Morgan fingerprint density at radius 2 is 2.05 bits per heavy atom. The molecular formula is C32H31N2O4S+. The fraction of sp³-hybridized carbons (Fsp3) is 0.219. The van der Waals surface area contributed by atoms with E-state index in [2.05, 4.69) is 117 Å². The summed E-state index contributed by atoms with van der Waals surface area (Å²) in [5, 5.41) is 15.7. The Bertz CT molecular complexity index is 1610. The Hall–Kier alpha value is -3.62. The first-order valence-electron chi connectivity index (χ1n) is 13.3. The van der Waals surface area contributed by atoms with Gasteiger partial charge in [-0.25, -0.2) is 5.26 Å². The number of ether oxygens (including phenoxy) is 1. The number of hydrogen-bond donors (Lipinski definition) is 1. The van der Waals surface area contributed by atoms with E-state index in [1.807, 2.05) is 0 Å². The van der Waals surface area contributed by atoms with Crippen LogP contribution in [0.1, 0.15) is 30.9 Å². The molecule has 0 spiro atoms. The fourth-order valence-corrected chi connectivity index (χ4v) is 5.87. The zero-order chi connectivity index (χ0) is 26.6. The summed E-state index contributed by atoms with van der Waals surface area (Å²) in [4.78, 5) is 2.30. The van der Waals surface area contributed by atoms with Gasteiger partial charge in [0.05, 0.1) is 11.1 Å². The largest absolute Gasteiger partial charge is 0.439 e. The highest BCUT2D eigenvalue weighted by atomic mass is 32.2. The maximum atomic E-state index is 8.34. The molecule has 7 heteroatoms. The molecular weight excluding hydrogens is 508 g/mol. The van der Waals surface area contributed by atoms with Crippen molar-refractivity contribution in [3.05, 3.63) is 108 Å². The summed E-state index contributed by atoms with van der Waals surface area (Å²) in [6, 6.07) is 21.4. The minimum Gasteiger partial charge on any atom is -0.439 e. The number of aromatic nitrogens is 1. The standard InChI is InChI=1S/C32H30N2O4S/c1-23(13-17-30-34-20-5-9-26-8-4-11-29(36-30)32(26)34)12-14-25-18-21-33(19-6-22-39-38-37-35)28-16-15-24-7-2-3-10-27(24)31(25)28/h2-4,7-8,10-18,21H,5-6,9,19-20,22H2,1H3/p+1. The quantitative estimate of drug-likeness (QED) is 0.0455. The summed E-state index contributed by atoms with van der Waals surface area (Å²) in [7, 11) is 0. The number of fused-ring (bicyclic) bond motifs is 3. The molecule has 2 aliphatic rings. The Labute approximate surface area is 232 Å². The van der Waals surface area contributed by atoms with Crippen LogP contribution in [-0.2, 0) is 22.3 Å². The predicted octanol–water partition coefficient (Wildman–Crippen LogP) is 7.39. The van der Waals surface area contributed by atoms with E-state index in [0.29, 0.717) is 5.75 Å². The third-order valence-electron chi connectivity index (χ3n) is 7.32. The van der Waals surface area contributed by atoms with Gasteiger partial charge in [-0.3, -0.25) is 0 Å². The van der Waals surface area contributed by atoms with Crippen molar-refractivity contribution in [1.29, 1.82) is 0 Å². The molecule has 0 saturated heterocycles. The highest BCUT2D eigenvalue weighted by Gasteiger charge is 2.30. The maximum Gasteiger partial charge on any atom is 0.213 e. The number of benzene rings is 3. The molecule has 0 atom stereocenters. The van der Waals surface area contributed by atoms with Gasteiger partial charge in [-0.1, -0.05) is 65.2 Å². The van der Waals surface area contributed by atoms with Crippen LogP contribution >= 0.6 is 12.0 Å². The highest BCUT2D eigenvalue weighted by Crippen LogP contribution is 2.44. The molecule has 0 fully saturated rings. The summed E-state index contributed by atoms with van der Waals surface area (Å²) < 4.78 is 13.0. The third-order valence-corrected chi connectivity index (χ3v) is 7.93. The molecule has 4 aromatic rings. The zero-order valence-corrected chi connectivity index (χ0v) is 22.7. The average Bonchev–Trinajstić information content (AvgIpc) is 3.34. The van der Waals surface area contributed by atoms with E-state index < -0.39 is 0 Å². The maximum absolute atomic E-state index is 8.34. The van der Waals surface area contributed by atoms with E-state index in [1.54, 1.807) is 0 Å². The number of aryl methyl sites for hydroxylation is 2. The second-order valence-electron chi connectivity index (χ2n) is 9.83. The smallest absolute Gasteiger partial charge is 0.213 e. The van der Waals surface area contributed by atoms with Crippen molar-refractivity contribution in [3.8, 4) is 5.75 Å². The van der Waals surface area contributed by atoms with Crippen molar-refractivity contribution in [2.24, 2.45) is 0 Å². The van der Waals surface area contributed by atoms with E-state index in [-0.39, 0.29) is 0 Å². The van der Waals surface area contributed by atoms with Crippen LogP contribution < -0.4 is 14.2 Å². The molecule has 6 rings (SSSR count). The molecule has 0 amide bonds. The van der Waals surface area contributed by atoms with Crippen LogP contribution in [0.15, 0.2) is 96.5 Å². The summed E-state index contributed by atoms with van der Waals surface area (Å²) in [5.41, 5.74) is 6.11. The van der Waals surface area contributed by atoms with Crippen molar-refractivity contribution < 1.29 is 23.9 Å². The van der Waals surface area contributed by atoms with Gasteiger partial charge in [-0.15, -0.1) is 4.33 Å². The lowest BCUT2D eigenvalue weighted by Crippen LogP contribution is -2.34. The van der Waals surface area contributed by atoms with Crippen LogP contribution in [-0.4, -0.2) is 17.6 Å². The number of para-hydroxylation sites is 1. The highest BCUT2D eigenvalue weighted by molar-refractivity contribution is 7.94. The van der Waals surface area contributed by atoms with Crippen LogP contribution in [0.2, 0.25) is 0 Å². The lowest BCUT2D eigenvalue weighted by Gasteiger charge is -2.24. The van der Waals surface area contributed by atoms with Gasteiger partial charge < -0.3 is 9.64 Å². The summed E-state index contributed by atoms with van der Waals surface area (Å²) in [6.07, 6.45) is 13.9. The number of anilines is 1. The summed E-state index contributed by atoms with van der Waals surface area (Å²) >= 11 is 1.09. The Kier molecular flexibility index (Phi) is 7.65. The van der Waals surface area contributed by atoms with Gasteiger partial charge in [0.15, 0.2) is 11.9 Å². The number of allylic oxidation sites excluding steroid dienone is 4. The van der Waals surface area contributed by atoms with Crippen molar-refractivity contribution in [1.82, 2.24) is 0 Å². The van der Waals surface area contributed by atoms with E-state index >= 15 is 0 Å².